The summed E-state index contributed by atoms with van der Waals surface area (Å²) in [4.78, 5) is 2.34. The standard InChI is InChI=1S/C14H18N2O2S3/c1-15-9-10-5-6-14(20-10)21(17,18)16-12-3-2-4-13-11(12)7-8-19-13/h5-8,12,15-16H,2-4,9H2,1H3. The van der Waals surface area contributed by atoms with Crippen LogP contribution in [0.25, 0.3) is 0 Å². The van der Waals surface area contributed by atoms with Gasteiger partial charge in [-0.25, -0.2) is 13.1 Å². The van der Waals surface area contributed by atoms with E-state index in [2.05, 4.69) is 10.0 Å². The van der Waals surface area contributed by atoms with Crippen molar-refractivity contribution in [3.05, 3.63) is 38.9 Å². The summed E-state index contributed by atoms with van der Waals surface area (Å²) in [5.41, 5.74) is 1.15. The molecule has 0 saturated heterocycles. The van der Waals surface area contributed by atoms with Gasteiger partial charge in [-0.3, -0.25) is 0 Å². The van der Waals surface area contributed by atoms with Crippen LogP contribution in [0.2, 0.25) is 0 Å². The molecule has 1 atom stereocenters. The Balaban J connectivity index is 1.80. The van der Waals surface area contributed by atoms with Gasteiger partial charge in [-0.2, -0.15) is 0 Å². The number of hydrogen-bond donors (Lipinski definition) is 2. The number of thiophene rings is 2. The van der Waals surface area contributed by atoms with Crippen molar-refractivity contribution < 1.29 is 8.42 Å². The zero-order valence-electron chi connectivity index (χ0n) is 11.8. The second-order valence-corrected chi connectivity index (χ2v) is 9.23. The van der Waals surface area contributed by atoms with Crippen LogP contribution in [-0.4, -0.2) is 15.5 Å². The van der Waals surface area contributed by atoms with Gasteiger partial charge in [-0.15, -0.1) is 22.7 Å². The van der Waals surface area contributed by atoms with Crippen LogP contribution in [0, 0.1) is 0 Å². The molecule has 3 rings (SSSR count). The Morgan fingerprint density at radius 3 is 3.00 bits per heavy atom. The summed E-state index contributed by atoms with van der Waals surface area (Å²) in [6, 6.07) is 5.52. The van der Waals surface area contributed by atoms with Gasteiger partial charge in [0.1, 0.15) is 4.21 Å². The fourth-order valence-electron chi connectivity index (χ4n) is 2.63. The number of fused-ring (bicyclic) bond motifs is 1. The summed E-state index contributed by atoms with van der Waals surface area (Å²) in [6.45, 7) is 0.693. The predicted octanol–water partition coefficient (Wildman–Crippen LogP) is 2.88. The Bertz CT molecular complexity index is 718. The fourth-order valence-corrected chi connectivity index (χ4v) is 6.25. The summed E-state index contributed by atoms with van der Waals surface area (Å²) in [6.07, 6.45) is 2.98. The van der Waals surface area contributed by atoms with E-state index in [-0.39, 0.29) is 6.04 Å². The third kappa shape index (κ3) is 3.22. The van der Waals surface area contributed by atoms with E-state index in [1.54, 1.807) is 17.4 Å². The maximum atomic E-state index is 12.5. The van der Waals surface area contributed by atoms with Crippen molar-refractivity contribution in [1.29, 1.82) is 0 Å². The second kappa shape index (κ2) is 6.18. The average Bonchev–Trinajstić information content (AvgIpc) is 3.08. The normalized spacial score (nSPS) is 18.6. The summed E-state index contributed by atoms with van der Waals surface area (Å²) >= 11 is 3.05. The SMILES string of the molecule is CNCc1ccc(S(=O)(=O)NC2CCCc3sccc32)s1. The van der Waals surface area contributed by atoms with E-state index < -0.39 is 10.0 Å². The van der Waals surface area contributed by atoms with Gasteiger partial charge in [0.05, 0.1) is 0 Å². The average molecular weight is 343 g/mol. The number of sulfonamides is 1. The Morgan fingerprint density at radius 2 is 2.19 bits per heavy atom. The molecule has 0 aliphatic heterocycles. The third-order valence-corrected chi connectivity index (χ3v) is 7.65. The van der Waals surface area contributed by atoms with Crippen LogP contribution < -0.4 is 10.0 Å². The van der Waals surface area contributed by atoms with E-state index in [1.165, 1.54) is 16.2 Å². The first-order valence-electron chi connectivity index (χ1n) is 6.92. The highest BCUT2D eigenvalue weighted by Gasteiger charge is 2.27. The van der Waals surface area contributed by atoms with Crippen LogP contribution in [0.4, 0.5) is 0 Å². The van der Waals surface area contributed by atoms with Gasteiger partial charge < -0.3 is 5.32 Å². The lowest BCUT2D eigenvalue weighted by Gasteiger charge is -2.23. The molecule has 0 bridgehead atoms. The van der Waals surface area contributed by atoms with Gasteiger partial charge in [0.25, 0.3) is 10.0 Å². The van der Waals surface area contributed by atoms with Gasteiger partial charge >= 0.3 is 0 Å². The van der Waals surface area contributed by atoms with Crippen molar-refractivity contribution >= 4 is 32.7 Å². The van der Waals surface area contributed by atoms with Crippen molar-refractivity contribution in [2.75, 3.05) is 7.05 Å². The van der Waals surface area contributed by atoms with Crippen molar-refractivity contribution in [3.63, 3.8) is 0 Å². The van der Waals surface area contributed by atoms with E-state index in [4.69, 9.17) is 0 Å². The topological polar surface area (TPSA) is 58.2 Å². The number of rotatable bonds is 5. The molecule has 0 amide bonds. The summed E-state index contributed by atoms with van der Waals surface area (Å²) < 4.78 is 28.3. The zero-order chi connectivity index (χ0) is 14.9. The second-order valence-electron chi connectivity index (χ2n) is 5.12. The van der Waals surface area contributed by atoms with Crippen LogP contribution in [0.1, 0.15) is 34.2 Å². The van der Waals surface area contributed by atoms with Crippen molar-refractivity contribution in [2.24, 2.45) is 0 Å². The lowest BCUT2D eigenvalue weighted by atomic mass is 9.95. The molecule has 0 fully saturated rings. The quantitative estimate of drug-likeness (QED) is 0.878. The molecule has 1 aliphatic carbocycles. The molecule has 0 spiro atoms. The first-order chi connectivity index (χ1) is 10.1. The molecule has 2 aromatic rings. The van der Waals surface area contributed by atoms with Crippen LogP contribution in [0.15, 0.2) is 27.8 Å². The molecular formula is C14H18N2O2S3. The van der Waals surface area contributed by atoms with Crippen LogP contribution >= 0.6 is 22.7 Å². The minimum Gasteiger partial charge on any atom is -0.315 e. The van der Waals surface area contributed by atoms with Crippen molar-refractivity contribution in [3.8, 4) is 0 Å². The molecule has 0 saturated carbocycles. The molecule has 7 heteroatoms. The molecule has 114 valence electrons. The highest BCUT2D eigenvalue weighted by molar-refractivity contribution is 7.91. The minimum absolute atomic E-state index is 0.0835. The number of hydrogen-bond acceptors (Lipinski definition) is 5. The molecule has 0 aromatic carbocycles. The van der Waals surface area contributed by atoms with Crippen molar-refractivity contribution in [2.45, 2.75) is 36.1 Å². The van der Waals surface area contributed by atoms with E-state index in [0.717, 1.165) is 29.7 Å². The highest BCUT2D eigenvalue weighted by Crippen LogP contribution is 2.34. The van der Waals surface area contributed by atoms with Crippen LogP contribution in [0.3, 0.4) is 0 Å². The zero-order valence-corrected chi connectivity index (χ0v) is 14.2. The lowest BCUT2D eigenvalue weighted by Crippen LogP contribution is -2.30. The predicted molar refractivity (Wildman–Crippen MR) is 87.4 cm³/mol. The molecule has 21 heavy (non-hydrogen) atoms. The minimum atomic E-state index is -3.43. The van der Waals surface area contributed by atoms with Gasteiger partial charge in [0.15, 0.2) is 0 Å². The largest absolute Gasteiger partial charge is 0.315 e. The smallest absolute Gasteiger partial charge is 0.250 e. The Morgan fingerprint density at radius 1 is 1.33 bits per heavy atom. The lowest BCUT2D eigenvalue weighted by molar-refractivity contribution is 0.512. The van der Waals surface area contributed by atoms with E-state index in [0.29, 0.717) is 10.8 Å². The summed E-state index contributed by atoms with van der Waals surface area (Å²) in [7, 11) is -1.58. The molecule has 2 N–H and O–H groups in total. The number of nitrogens with one attached hydrogen (secondary N) is 2. The molecular weight excluding hydrogens is 324 g/mol. The Hall–Kier alpha value is -0.730. The molecule has 1 unspecified atom stereocenters. The summed E-state index contributed by atoms with van der Waals surface area (Å²) in [5, 5.41) is 5.09. The highest BCUT2D eigenvalue weighted by atomic mass is 32.2. The molecule has 4 nitrogen and oxygen atoms in total. The van der Waals surface area contributed by atoms with E-state index in [1.807, 2.05) is 24.6 Å². The van der Waals surface area contributed by atoms with Gasteiger partial charge in [-0.05, 0) is 55.5 Å². The number of aryl methyl sites for hydroxylation is 1. The van der Waals surface area contributed by atoms with Gasteiger partial charge in [0.2, 0.25) is 0 Å². The first-order valence-corrected chi connectivity index (χ1v) is 10.1. The van der Waals surface area contributed by atoms with E-state index in [9.17, 15) is 8.42 Å². The van der Waals surface area contributed by atoms with Crippen molar-refractivity contribution in [1.82, 2.24) is 10.0 Å². The van der Waals surface area contributed by atoms with Crippen LogP contribution in [0.5, 0.6) is 0 Å². The molecule has 0 radical (unpaired) electrons. The maximum Gasteiger partial charge on any atom is 0.250 e. The third-order valence-electron chi connectivity index (χ3n) is 3.60. The monoisotopic (exact) mass is 342 g/mol. The van der Waals surface area contributed by atoms with Gasteiger partial charge in [-0.1, -0.05) is 0 Å². The molecule has 2 heterocycles. The van der Waals surface area contributed by atoms with Crippen LogP contribution in [-0.2, 0) is 23.0 Å². The Labute approximate surface area is 133 Å². The first kappa shape index (κ1) is 15.2. The van der Waals surface area contributed by atoms with Gasteiger partial charge in [0, 0.05) is 22.3 Å². The molecule has 2 aromatic heterocycles. The maximum absolute atomic E-state index is 12.5. The summed E-state index contributed by atoms with van der Waals surface area (Å²) in [5.74, 6) is 0. The fraction of sp³-hybridized carbons (Fsp3) is 0.429. The Kier molecular flexibility index (Phi) is 4.46. The molecule has 1 aliphatic rings. The van der Waals surface area contributed by atoms with E-state index >= 15 is 0 Å².